The zero-order valence-corrected chi connectivity index (χ0v) is 13.1. The fourth-order valence-electron chi connectivity index (χ4n) is 1.42. The van der Waals surface area contributed by atoms with E-state index in [9.17, 15) is 9.59 Å². The molecule has 2 rings (SSSR count). The number of thiophene rings is 1. The Bertz CT molecular complexity index is 770. The summed E-state index contributed by atoms with van der Waals surface area (Å²) in [6.07, 6.45) is 0. The summed E-state index contributed by atoms with van der Waals surface area (Å²) in [5, 5.41) is 13.5. The molecule has 0 fully saturated rings. The molecule has 0 aliphatic heterocycles. The normalized spacial score (nSPS) is 9.86. The van der Waals surface area contributed by atoms with E-state index in [0.29, 0.717) is 10.6 Å². The third-order valence-corrected chi connectivity index (χ3v) is 3.72. The lowest BCUT2D eigenvalue weighted by Crippen LogP contribution is -2.21. The van der Waals surface area contributed by atoms with Crippen molar-refractivity contribution >= 4 is 51.4 Å². The first-order valence-corrected chi connectivity index (χ1v) is 7.41. The molecule has 2 heterocycles. The average molecular weight is 356 g/mol. The van der Waals surface area contributed by atoms with Crippen LogP contribution in [-0.2, 0) is 9.53 Å². The first-order chi connectivity index (χ1) is 10.5. The molecule has 0 aromatic carbocycles. The molecule has 0 saturated heterocycles. The summed E-state index contributed by atoms with van der Waals surface area (Å²) in [4.78, 5) is 27.2. The number of pyridine rings is 1. The van der Waals surface area contributed by atoms with Crippen LogP contribution in [0.4, 0.5) is 5.00 Å². The van der Waals surface area contributed by atoms with Gasteiger partial charge in [0.2, 0.25) is 0 Å². The van der Waals surface area contributed by atoms with Crippen molar-refractivity contribution in [2.75, 3.05) is 11.9 Å². The smallest absolute Gasteiger partial charge is 0.359 e. The van der Waals surface area contributed by atoms with Gasteiger partial charge in [-0.3, -0.25) is 4.79 Å². The molecule has 22 heavy (non-hydrogen) atoms. The number of amides is 1. The third kappa shape index (κ3) is 3.95. The first-order valence-electron chi connectivity index (χ1n) is 5.78. The number of ether oxygens (including phenoxy) is 1. The molecule has 1 amide bonds. The van der Waals surface area contributed by atoms with E-state index in [1.54, 1.807) is 11.4 Å². The van der Waals surface area contributed by atoms with Gasteiger partial charge in [-0.2, -0.15) is 5.26 Å². The van der Waals surface area contributed by atoms with Crippen LogP contribution >= 0.6 is 34.5 Å². The van der Waals surface area contributed by atoms with E-state index in [1.807, 2.05) is 6.07 Å². The lowest BCUT2D eigenvalue weighted by atomic mass is 10.3. The minimum atomic E-state index is -0.866. The molecule has 112 valence electrons. The van der Waals surface area contributed by atoms with Crippen LogP contribution in [0.25, 0.3) is 0 Å². The highest BCUT2D eigenvalue weighted by Crippen LogP contribution is 2.22. The molecule has 1 N–H and O–H groups in total. The van der Waals surface area contributed by atoms with E-state index in [1.165, 1.54) is 23.5 Å². The van der Waals surface area contributed by atoms with Gasteiger partial charge in [-0.25, -0.2) is 9.78 Å². The Balaban J connectivity index is 1.95. The van der Waals surface area contributed by atoms with Gasteiger partial charge in [-0.05, 0) is 23.6 Å². The molecule has 9 heteroatoms. The molecule has 0 aliphatic rings. The number of hydrogen-bond donors (Lipinski definition) is 1. The number of nitriles is 1. The van der Waals surface area contributed by atoms with Gasteiger partial charge in [0.15, 0.2) is 12.3 Å². The molecule has 0 radical (unpaired) electrons. The van der Waals surface area contributed by atoms with Crippen LogP contribution in [0.5, 0.6) is 0 Å². The number of hydrogen-bond acceptors (Lipinski definition) is 6. The number of halogens is 2. The van der Waals surface area contributed by atoms with Crippen molar-refractivity contribution in [1.29, 1.82) is 5.26 Å². The van der Waals surface area contributed by atoms with Crippen LogP contribution in [0, 0.1) is 11.3 Å². The molecule has 0 saturated carbocycles. The van der Waals surface area contributed by atoms with Gasteiger partial charge in [0.25, 0.3) is 5.91 Å². The highest BCUT2D eigenvalue weighted by molar-refractivity contribution is 7.14. The van der Waals surface area contributed by atoms with Crippen LogP contribution in [0.2, 0.25) is 10.2 Å². The second kappa shape index (κ2) is 7.22. The van der Waals surface area contributed by atoms with Gasteiger partial charge in [-0.1, -0.05) is 23.2 Å². The summed E-state index contributed by atoms with van der Waals surface area (Å²) < 4.78 is 4.81. The molecule has 0 atom stereocenters. The van der Waals surface area contributed by atoms with E-state index in [-0.39, 0.29) is 15.9 Å². The SMILES string of the molecule is N#Cc1ccsc1NC(=O)COC(=O)c1nc(Cl)ccc1Cl. The van der Waals surface area contributed by atoms with Crippen molar-refractivity contribution in [2.24, 2.45) is 0 Å². The molecular formula is C13H7Cl2N3O3S. The molecule has 0 spiro atoms. The number of nitrogens with zero attached hydrogens (tertiary/aromatic N) is 2. The molecule has 2 aromatic rings. The number of rotatable bonds is 4. The molecule has 0 bridgehead atoms. The lowest BCUT2D eigenvalue weighted by molar-refractivity contribution is -0.119. The van der Waals surface area contributed by atoms with Gasteiger partial charge in [0.1, 0.15) is 16.2 Å². The van der Waals surface area contributed by atoms with Gasteiger partial charge in [0, 0.05) is 0 Å². The Morgan fingerprint density at radius 1 is 1.36 bits per heavy atom. The minimum Gasteiger partial charge on any atom is -0.451 e. The molecule has 0 aliphatic carbocycles. The Morgan fingerprint density at radius 3 is 2.86 bits per heavy atom. The van der Waals surface area contributed by atoms with E-state index in [4.69, 9.17) is 33.2 Å². The van der Waals surface area contributed by atoms with Crippen molar-refractivity contribution < 1.29 is 14.3 Å². The van der Waals surface area contributed by atoms with Gasteiger partial charge in [0.05, 0.1) is 10.6 Å². The minimum absolute atomic E-state index is 0.0693. The second-order valence-electron chi connectivity index (χ2n) is 3.86. The van der Waals surface area contributed by atoms with Gasteiger partial charge < -0.3 is 10.1 Å². The van der Waals surface area contributed by atoms with Crippen LogP contribution in [-0.4, -0.2) is 23.5 Å². The first kappa shape index (κ1) is 16.2. The zero-order chi connectivity index (χ0) is 16.1. The van der Waals surface area contributed by atoms with Gasteiger partial charge >= 0.3 is 5.97 Å². The average Bonchev–Trinajstić information content (AvgIpc) is 2.94. The standard InChI is InChI=1S/C13H7Cl2N3O3S/c14-8-1-2-9(15)17-11(8)13(20)21-6-10(19)18-12-7(5-16)3-4-22-12/h1-4H,6H2,(H,18,19). The quantitative estimate of drug-likeness (QED) is 0.671. The van der Waals surface area contributed by atoms with E-state index >= 15 is 0 Å². The Hall–Kier alpha value is -2.14. The number of nitrogens with one attached hydrogen (secondary N) is 1. The fraction of sp³-hybridized carbons (Fsp3) is 0.0769. The third-order valence-electron chi connectivity index (χ3n) is 2.38. The van der Waals surface area contributed by atoms with Crippen LogP contribution in [0.1, 0.15) is 16.1 Å². The van der Waals surface area contributed by atoms with Crippen molar-refractivity contribution in [1.82, 2.24) is 4.98 Å². The summed E-state index contributed by atoms with van der Waals surface area (Å²) in [5.74, 6) is -1.44. The molecule has 0 unspecified atom stereocenters. The Kier molecular flexibility index (Phi) is 5.33. The largest absolute Gasteiger partial charge is 0.451 e. The predicted molar refractivity (Wildman–Crippen MR) is 82.2 cm³/mol. The number of carbonyl (C=O) groups excluding carboxylic acids is 2. The highest BCUT2D eigenvalue weighted by atomic mass is 35.5. The molecule has 6 nitrogen and oxygen atoms in total. The van der Waals surface area contributed by atoms with E-state index in [0.717, 1.165) is 0 Å². The number of carbonyl (C=O) groups is 2. The van der Waals surface area contributed by atoms with Crippen LogP contribution in [0.3, 0.4) is 0 Å². The lowest BCUT2D eigenvalue weighted by Gasteiger charge is -2.06. The maximum atomic E-state index is 11.8. The maximum Gasteiger partial charge on any atom is 0.359 e. The number of esters is 1. The van der Waals surface area contributed by atoms with Crippen molar-refractivity contribution in [3.8, 4) is 6.07 Å². The molecule has 2 aromatic heterocycles. The van der Waals surface area contributed by atoms with Crippen molar-refractivity contribution in [2.45, 2.75) is 0 Å². The second-order valence-corrected chi connectivity index (χ2v) is 5.57. The predicted octanol–water partition coefficient (Wildman–Crippen LogP) is 3.12. The Labute approximate surface area is 139 Å². The topological polar surface area (TPSA) is 92.1 Å². The van der Waals surface area contributed by atoms with Crippen LogP contribution < -0.4 is 5.32 Å². The fourth-order valence-corrected chi connectivity index (χ4v) is 2.50. The summed E-state index contributed by atoms with van der Waals surface area (Å²) in [6, 6.07) is 6.33. The Morgan fingerprint density at radius 2 is 2.14 bits per heavy atom. The van der Waals surface area contributed by atoms with E-state index in [2.05, 4.69) is 10.3 Å². The maximum absolute atomic E-state index is 11.8. The summed E-state index contributed by atoms with van der Waals surface area (Å²) in [7, 11) is 0. The van der Waals surface area contributed by atoms with Crippen molar-refractivity contribution in [3.05, 3.63) is 45.0 Å². The molecular weight excluding hydrogens is 349 g/mol. The zero-order valence-electron chi connectivity index (χ0n) is 10.8. The summed E-state index contributed by atoms with van der Waals surface area (Å²) >= 11 is 12.7. The number of aromatic nitrogens is 1. The summed E-state index contributed by atoms with van der Waals surface area (Å²) in [5.41, 5.74) is 0.167. The number of anilines is 1. The highest BCUT2D eigenvalue weighted by Gasteiger charge is 2.17. The summed E-state index contributed by atoms with van der Waals surface area (Å²) in [6.45, 7) is -0.536. The van der Waals surface area contributed by atoms with Crippen LogP contribution in [0.15, 0.2) is 23.6 Å². The van der Waals surface area contributed by atoms with Gasteiger partial charge in [-0.15, -0.1) is 11.3 Å². The van der Waals surface area contributed by atoms with E-state index < -0.39 is 18.5 Å². The van der Waals surface area contributed by atoms with Crippen molar-refractivity contribution in [3.63, 3.8) is 0 Å². The monoisotopic (exact) mass is 355 g/mol.